The monoisotopic (exact) mass is 494 g/mol. The first kappa shape index (κ1) is 23.1. The lowest BCUT2D eigenvalue weighted by Crippen LogP contribution is -2.41. The highest BCUT2D eigenvalue weighted by Crippen LogP contribution is 2.44. The molecule has 8 heteroatoms. The van der Waals surface area contributed by atoms with Gasteiger partial charge in [-0.15, -0.1) is 0 Å². The number of sulfone groups is 1. The number of hydrogen-bond acceptors (Lipinski definition) is 4. The van der Waals surface area contributed by atoms with Crippen molar-refractivity contribution in [1.82, 2.24) is 0 Å². The maximum atomic E-state index is 14.0. The lowest BCUT2D eigenvalue weighted by Gasteiger charge is -2.37. The van der Waals surface area contributed by atoms with Crippen molar-refractivity contribution in [2.45, 2.75) is 29.1 Å². The molecule has 1 aliphatic rings. The van der Waals surface area contributed by atoms with Crippen LogP contribution in [0.15, 0.2) is 71.6 Å². The summed E-state index contributed by atoms with van der Waals surface area (Å²) in [7, 11) is -3.72. The van der Waals surface area contributed by atoms with E-state index < -0.39 is 20.4 Å². The molecule has 168 valence electrons. The van der Waals surface area contributed by atoms with Crippen LogP contribution in [0.3, 0.4) is 0 Å². The normalized spacial score (nSPS) is 16.0. The summed E-state index contributed by atoms with van der Waals surface area (Å²) in [5.41, 5.74) is 0.927. The van der Waals surface area contributed by atoms with Crippen molar-refractivity contribution in [3.63, 3.8) is 0 Å². The fourth-order valence-corrected chi connectivity index (χ4v) is 6.37. The molecule has 0 amide bonds. The number of halogens is 3. The second-order valence-corrected chi connectivity index (χ2v) is 10.7. The first-order valence-corrected chi connectivity index (χ1v) is 12.3. The minimum absolute atomic E-state index is 0.0348. The fraction of sp³-hybridized carbons (Fsp3) is 0.250. The van der Waals surface area contributed by atoms with Crippen molar-refractivity contribution in [3.05, 3.63) is 93.7 Å². The van der Waals surface area contributed by atoms with E-state index in [1.165, 1.54) is 24.3 Å². The Labute approximate surface area is 196 Å². The molecule has 4 rings (SSSR count). The Bertz CT molecular complexity index is 1170. The van der Waals surface area contributed by atoms with Gasteiger partial charge in [-0.1, -0.05) is 41.4 Å². The molecule has 3 aromatic rings. The summed E-state index contributed by atoms with van der Waals surface area (Å²) in [6, 6.07) is 17.6. The molecule has 0 atom stereocenters. The van der Waals surface area contributed by atoms with Gasteiger partial charge >= 0.3 is 0 Å². The molecule has 1 heterocycles. The van der Waals surface area contributed by atoms with Crippen LogP contribution in [-0.4, -0.2) is 21.6 Å². The quantitative estimate of drug-likeness (QED) is 0.409. The van der Waals surface area contributed by atoms with E-state index in [1.54, 1.807) is 42.5 Å². The minimum atomic E-state index is -3.72. The molecule has 0 bridgehead atoms. The van der Waals surface area contributed by atoms with Crippen LogP contribution in [0.25, 0.3) is 0 Å². The third-order valence-electron chi connectivity index (χ3n) is 5.76. The Morgan fingerprint density at radius 2 is 1.59 bits per heavy atom. The lowest BCUT2D eigenvalue weighted by molar-refractivity contribution is 0.0740. The second kappa shape index (κ2) is 9.40. The molecule has 32 heavy (non-hydrogen) atoms. The Morgan fingerprint density at radius 3 is 2.22 bits per heavy atom. The standard InChI is InChI=1S/C24H21Cl2FO4S/c25-18-6-10-20(11-7-18)32(28,29)24(12-14-30-15-13-24)17-4-8-19(9-5-17)31-16-21-22(26)2-1-3-23(21)27/h1-11H,12-16H2. The Balaban J connectivity index is 1.63. The Morgan fingerprint density at radius 1 is 0.938 bits per heavy atom. The molecule has 1 fully saturated rings. The molecule has 0 unspecified atom stereocenters. The molecule has 4 nitrogen and oxygen atoms in total. The van der Waals surface area contributed by atoms with E-state index in [0.29, 0.717) is 42.4 Å². The van der Waals surface area contributed by atoms with E-state index in [-0.39, 0.29) is 22.1 Å². The lowest BCUT2D eigenvalue weighted by atomic mass is 9.90. The van der Waals surface area contributed by atoms with Crippen LogP contribution in [0.2, 0.25) is 10.0 Å². The van der Waals surface area contributed by atoms with Crippen LogP contribution >= 0.6 is 23.2 Å². The van der Waals surface area contributed by atoms with Crippen LogP contribution in [0, 0.1) is 5.82 Å². The van der Waals surface area contributed by atoms with Gasteiger partial charge in [-0.2, -0.15) is 0 Å². The third kappa shape index (κ3) is 4.37. The van der Waals surface area contributed by atoms with E-state index in [0.717, 1.165) is 0 Å². The molecule has 3 aromatic carbocycles. The van der Waals surface area contributed by atoms with Gasteiger partial charge in [0.2, 0.25) is 0 Å². The van der Waals surface area contributed by atoms with Crippen molar-refractivity contribution < 1.29 is 22.3 Å². The summed E-state index contributed by atoms with van der Waals surface area (Å²) in [6.07, 6.45) is 0.673. The zero-order chi connectivity index (χ0) is 22.8. The fourth-order valence-electron chi connectivity index (χ4n) is 3.93. The van der Waals surface area contributed by atoms with E-state index in [1.807, 2.05) is 0 Å². The molecule has 0 aromatic heterocycles. The minimum Gasteiger partial charge on any atom is -0.489 e. The average Bonchev–Trinajstić information content (AvgIpc) is 2.80. The van der Waals surface area contributed by atoms with Gasteiger partial charge in [0.25, 0.3) is 0 Å². The molecular formula is C24H21Cl2FO4S. The maximum absolute atomic E-state index is 14.0. The first-order chi connectivity index (χ1) is 15.3. The van der Waals surface area contributed by atoms with Crippen molar-refractivity contribution in [2.75, 3.05) is 13.2 Å². The second-order valence-electron chi connectivity index (χ2n) is 7.58. The summed E-state index contributed by atoms with van der Waals surface area (Å²) >= 11 is 12.0. The zero-order valence-corrected chi connectivity index (χ0v) is 19.4. The van der Waals surface area contributed by atoms with Gasteiger partial charge in [0, 0.05) is 23.8 Å². The van der Waals surface area contributed by atoms with Crippen LogP contribution in [0.5, 0.6) is 5.75 Å². The molecule has 0 N–H and O–H groups in total. The van der Waals surface area contributed by atoms with Crippen LogP contribution in [0.4, 0.5) is 4.39 Å². The molecular weight excluding hydrogens is 474 g/mol. The summed E-state index contributed by atoms with van der Waals surface area (Å²) in [5, 5.41) is 0.762. The summed E-state index contributed by atoms with van der Waals surface area (Å²) in [5.74, 6) is 0.0449. The van der Waals surface area contributed by atoms with Gasteiger partial charge < -0.3 is 9.47 Å². The predicted octanol–water partition coefficient (Wildman–Crippen LogP) is 6.19. The highest BCUT2D eigenvalue weighted by molar-refractivity contribution is 7.92. The molecule has 1 aliphatic heterocycles. The van der Waals surface area contributed by atoms with Crippen molar-refractivity contribution in [1.29, 1.82) is 0 Å². The van der Waals surface area contributed by atoms with Crippen molar-refractivity contribution >= 4 is 33.0 Å². The molecule has 1 saturated heterocycles. The summed E-state index contributed by atoms with van der Waals surface area (Å²) in [4.78, 5) is 0.221. The summed E-state index contributed by atoms with van der Waals surface area (Å²) in [6.45, 7) is 0.653. The van der Waals surface area contributed by atoms with Gasteiger partial charge in [0.05, 0.1) is 9.92 Å². The first-order valence-electron chi connectivity index (χ1n) is 10.1. The van der Waals surface area contributed by atoms with Crippen molar-refractivity contribution in [2.24, 2.45) is 0 Å². The average molecular weight is 495 g/mol. The Kier molecular flexibility index (Phi) is 6.77. The van der Waals surface area contributed by atoms with Gasteiger partial charge in [-0.25, -0.2) is 12.8 Å². The molecule has 0 radical (unpaired) electrons. The predicted molar refractivity (Wildman–Crippen MR) is 123 cm³/mol. The van der Waals surface area contributed by atoms with E-state index >= 15 is 0 Å². The highest BCUT2D eigenvalue weighted by atomic mass is 35.5. The SMILES string of the molecule is O=S(=O)(c1ccc(Cl)cc1)C1(c2ccc(OCc3c(F)cccc3Cl)cc2)CCOCC1. The highest BCUT2D eigenvalue weighted by Gasteiger charge is 2.47. The van der Waals surface area contributed by atoms with Crippen LogP contribution in [-0.2, 0) is 25.9 Å². The molecule has 0 spiro atoms. The van der Waals surface area contributed by atoms with Gasteiger partial charge in [0.15, 0.2) is 9.84 Å². The number of benzene rings is 3. The largest absolute Gasteiger partial charge is 0.489 e. The third-order valence-corrected chi connectivity index (χ3v) is 8.94. The molecule has 0 aliphatic carbocycles. The number of ether oxygens (including phenoxy) is 2. The van der Waals surface area contributed by atoms with Crippen LogP contribution in [0.1, 0.15) is 24.0 Å². The van der Waals surface area contributed by atoms with Gasteiger partial charge in [0.1, 0.15) is 22.9 Å². The van der Waals surface area contributed by atoms with Gasteiger partial charge in [-0.3, -0.25) is 0 Å². The zero-order valence-electron chi connectivity index (χ0n) is 17.1. The van der Waals surface area contributed by atoms with Crippen molar-refractivity contribution in [3.8, 4) is 5.75 Å². The van der Waals surface area contributed by atoms with Crippen LogP contribution < -0.4 is 4.74 Å². The summed E-state index contributed by atoms with van der Waals surface area (Å²) < 4.78 is 51.4. The number of hydrogen-bond donors (Lipinski definition) is 0. The van der Waals surface area contributed by atoms with E-state index in [2.05, 4.69) is 0 Å². The maximum Gasteiger partial charge on any atom is 0.188 e. The Hall–Kier alpha value is -2.12. The molecule has 0 saturated carbocycles. The van der Waals surface area contributed by atoms with E-state index in [9.17, 15) is 12.8 Å². The smallest absolute Gasteiger partial charge is 0.188 e. The number of rotatable bonds is 6. The van der Waals surface area contributed by atoms with Gasteiger partial charge in [-0.05, 0) is 66.9 Å². The topological polar surface area (TPSA) is 52.6 Å². The van der Waals surface area contributed by atoms with E-state index in [4.69, 9.17) is 32.7 Å².